The highest BCUT2D eigenvalue weighted by Gasteiger charge is 2.41. The second-order valence-corrected chi connectivity index (χ2v) is 8.06. The molecule has 0 aromatic carbocycles. The summed E-state index contributed by atoms with van der Waals surface area (Å²) in [5.74, 6) is 0.0670. The highest BCUT2D eigenvalue weighted by Crippen LogP contribution is 2.36. The fourth-order valence-corrected chi connectivity index (χ4v) is 4.30. The van der Waals surface area contributed by atoms with Crippen LogP contribution in [0.5, 0.6) is 5.88 Å². The fraction of sp³-hybridized carbons (Fsp3) is 0.350. The van der Waals surface area contributed by atoms with E-state index in [0.717, 1.165) is 12.8 Å². The predicted octanol–water partition coefficient (Wildman–Crippen LogP) is 2.06. The van der Waals surface area contributed by atoms with Crippen molar-refractivity contribution in [2.24, 2.45) is 0 Å². The number of methoxy groups -OCH3 is 1. The van der Waals surface area contributed by atoms with Crippen molar-refractivity contribution in [2.45, 2.75) is 38.3 Å². The van der Waals surface area contributed by atoms with Gasteiger partial charge in [-0.2, -0.15) is 10.1 Å². The minimum atomic E-state index is -0.453. The molecule has 4 aromatic heterocycles. The van der Waals surface area contributed by atoms with Gasteiger partial charge in [-0.25, -0.2) is 18.4 Å². The normalized spacial score (nSPS) is 20.6. The molecule has 0 saturated heterocycles. The number of nitrogens with zero attached hydrogens (tertiary/aromatic N) is 6. The van der Waals surface area contributed by atoms with Gasteiger partial charge >= 0.3 is 0 Å². The van der Waals surface area contributed by atoms with Gasteiger partial charge in [-0.05, 0) is 31.9 Å². The molecular formula is C20H21FN8O2. The standard InChI is InChI=1S/C20H21FN8O2/c1-11(30)26-20(2)6-13(7-20)24-19-25-18(31-3)17-16(14(21)9-29(17)27-19)12-4-5-15-22-10-23-28(15)8-12/h4-5,8-10,13H,6-7H2,1-3H3,(H,24,27)(H,26,30). The molecule has 1 amide bonds. The Kier molecular flexibility index (Phi) is 4.27. The molecule has 0 bridgehead atoms. The Balaban J connectivity index is 1.48. The average molecular weight is 424 g/mol. The number of carbonyl (C=O) groups excluding carboxylic acids is 1. The highest BCUT2D eigenvalue weighted by atomic mass is 19.1. The molecule has 0 unspecified atom stereocenters. The van der Waals surface area contributed by atoms with Crippen molar-refractivity contribution in [3.05, 3.63) is 36.7 Å². The van der Waals surface area contributed by atoms with Gasteiger partial charge in [0.2, 0.25) is 17.7 Å². The van der Waals surface area contributed by atoms with Crippen molar-refractivity contribution < 1.29 is 13.9 Å². The van der Waals surface area contributed by atoms with Crippen LogP contribution in [-0.4, -0.2) is 53.8 Å². The van der Waals surface area contributed by atoms with Gasteiger partial charge in [0.05, 0.1) is 18.9 Å². The molecule has 2 N–H and O–H groups in total. The first kappa shape index (κ1) is 19.2. The number of rotatable bonds is 5. The number of anilines is 1. The topological polar surface area (TPSA) is 111 Å². The van der Waals surface area contributed by atoms with E-state index in [1.54, 1.807) is 22.8 Å². The molecule has 10 nitrogen and oxygen atoms in total. The summed E-state index contributed by atoms with van der Waals surface area (Å²) in [7, 11) is 1.48. The van der Waals surface area contributed by atoms with Crippen LogP contribution in [0.4, 0.5) is 10.3 Å². The summed E-state index contributed by atoms with van der Waals surface area (Å²) in [4.78, 5) is 19.9. The van der Waals surface area contributed by atoms with Crippen LogP contribution in [0.25, 0.3) is 22.3 Å². The number of pyridine rings is 1. The molecule has 31 heavy (non-hydrogen) atoms. The van der Waals surface area contributed by atoms with Crippen molar-refractivity contribution in [2.75, 3.05) is 12.4 Å². The van der Waals surface area contributed by atoms with Crippen LogP contribution < -0.4 is 15.4 Å². The van der Waals surface area contributed by atoms with Crippen molar-refractivity contribution in [3.63, 3.8) is 0 Å². The lowest BCUT2D eigenvalue weighted by Gasteiger charge is -2.45. The van der Waals surface area contributed by atoms with E-state index in [4.69, 9.17) is 4.74 Å². The maximum Gasteiger partial charge on any atom is 0.244 e. The van der Waals surface area contributed by atoms with Crippen LogP contribution in [0.15, 0.2) is 30.9 Å². The minimum absolute atomic E-state index is 0.0558. The first-order valence-electron chi connectivity index (χ1n) is 9.83. The average Bonchev–Trinajstić information content (AvgIpc) is 3.28. The molecule has 11 heteroatoms. The minimum Gasteiger partial charge on any atom is -0.479 e. The van der Waals surface area contributed by atoms with Crippen molar-refractivity contribution in [1.29, 1.82) is 0 Å². The van der Waals surface area contributed by atoms with Crippen LogP contribution in [0.3, 0.4) is 0 Å². The number of ether oxygens (including phenoxy) is 1. The Morgan fingerprint density at radius 3 is 2.84 bits per heavy atom. The lowest BCUT2D eigenvalue weighted by atomic mass is 9.74. The van der Waals surface area contributed by atoms with Gasteiger partial charge in [0.1, 0.15) is 11.8 Å². The summed E-state index contributed by atoms with van der Waals surface area (Å²) in [6.45, 7) is 3.50. The molecule has 1 fully saturated rings. The third-order valence-corrected chi connectivity index (χ3v) is 5.51. The van der Waals surface area contributed by atoms with E-state index in [-0.39, 0.29) is 23.4 Å². The molecule has 0 radical (unpaired) electrons. The summed E-state index contributed by atoms with van der Waals surface area (Å²) in [5.41, 5.74) is 1.76. The van der Waals surface area contributed by atoms with E-state index in [2.05, 4.69) is 30.8 Å². The first-order valence-corrected chi connectivity index (χ1v) is 9.83. The SMILES string of the molecule is COc1nc(NC2CC(C)(NC(C)=O)C2)nn2cc(F)c(-c3ccc4ncnn4c3)c12. The molecule has 1 aliphatic carbocycles. The van der Waals surface area contributed by atoms with Crippen LogP contribution in [0.1, 0.15) is 26.7 Å². The number of hydrogen-bond acceptors (Lipinski definition) is 7. The van der Waals surface area contributed by atoms with Gasteiger partial charge in [0, 0.05) is 30.3 Å². The lowest BCUT2D eigenvalue weighted by molar-refractivity contribution is -0.121. The fourth-order valence-electron chi connectivity index (χ4n) is 4.30. The Bertz CT molecular complexity index is 1310. The van der Waals surface area contributed by atoms with Gasteiger partial charge in [0.15, 0.2) is 11.5 Å². The number of hydrogen-bond donors (Lipinski definition) is 2. The molecule has 4 heterocycles. The number of halogens is 1. The number of amides is 1. The number of nitrogens with one attached hydrogen (secondary N) is 2. The molecule has 5 rings (SSSR count). The molecule has 160 valence electrons. The van der Waals surface area contributed by atoms with Crippen LogP contribution >= 0.6 is 0 Å². The van der Waals surface area contributed by atoms with Gasteiger partial charge < -0.3 is 15.4 Å². The maximum atomic E-state index is 15.0. The van der Waals surface area contributed by atoms with Crippen molar-refractivity contribution in [1.82, 2.24) is 34.5 Å². The summed E-state index contributed by atoms with van der Waals surface area (Å²) in [6, 6.07) is 3.62. The predicted molar refractivity (Wildman–Crippen MR) is 110 cm³/mol. The third kappa shape index (κ3) is 3.31. The number of fused-ring (bicyclic) bond motifs is 2. The second kappa shape index (κ2) is 6.89. The molecule has 1 saturated carbocycles. The number of aromatic nitrogens is 6. The van der Waals surface area contributed by atoms with Gasteiger partial charge in [-0.1, -0.05) is 0 Å². The van der Waals surface area contributed by atoms with Gasteiger partial charge in [-0.15, -0.1) is 5.10 Å². The smallest absolute Gasteiger partial charge is 0.244 e. The largest absolute Gasteiger partial charge is 0.479 e. The second-order valence-electron chi connectivity index (χ2n) is 8.06. The zero-order chi connectivity index (χ0) is 21.8. The quantitative estimate of drug-likeness (QED) is 0.504. The van der Waals surface area contributed by atoms with E-state index >= 15 is 0 Å². The van der Waals surface area contributed by atoms with Gasteiger partial charge in [0.25, 0.3) is 0 Å². The third-order valence-electron chi connectivity index (χ3n) is 5.51. The Hall–Kier alpha value is -3.76. The van der Waals surface area contributed by atoms with Crippen LogP contribution in [-0.2, 0) is 4.79 Å². The maximum absolute atomic E-state index is 15.0. The highest BCUT2D eigenvalue weighted by molar-refractivity contribution is 5.85. The summed E-state index contributed by atoms with van der Waals surface area (Å²) >= 11 is 0. The van der Waals surface area contributed by atoms with E-state index in [1.165, 1.54) is 31.1 Å². The first-order chi connectivity index (χ1) is 14.8. The monoisotopic (exact) mass is 424 g/mol. The molecule has 0 atom stereocenters. The molecule has 1 aliphatic rings. The Labute approximate surface area is 176 Å². The summed E-state index contributed by atoms with van der Waals surface area (Å²) in [6.07, 6.45) is 5.91. The zero-order valence-electron chi connectivity index (χ0n) is 17.3. The lowest BCUT2D eigenvalue weighted by Crippen LogP contribution is -2.59. The van der Waals surface area contributed by atoms with E-state index in [0.29, 0.717) is 28.2 Å². The Morgan fingerprint density at radius 2 is 2.10 bits per heavy atom. The molecule has 0 aliphatic heterocycles. The van der Waals surface area contributed by atoms with Gasteiger partial charge in [-0.3, -0.25) is 4.79 Å². The van der Waals surface area contributed by atoms with E-state index < -0.39 is 5.82 Å². The van der Waals surface area contributed by atoms with Crippen LogP contribution in [0.2, 0.25) is 0 Å². The Morgan fingerprint density at radius 1 is 1.29 bits per heavy atom. The number of carbonyl (C=O) groups is 1. The van der Waals surface area contributed by atoms with Crippen molar-refractivity contribution in [3.8, 4) is 17.0 Å². The summed E-state index contributed by atoms with van der Waals surface area (Å²) in [5, 5.41) is 14.7. The van der Waals surface area contributed by atoms with Crippen molar-refractivity contribution >= 4 is 23.0 Å². The molecular weight excluding hydrogens is 403 g/mol. The zero-order valence-corrected chi connectivity index (χ0v) is 17.3. The van der Waals surface area contributed by atoms with E-state index in [1.807, 2.05) is 6.92 Å². The molecule has 4 aromatic rings. The van der Waals surface area contributed by atoms with Crippen LogP contribution in [0, 0.1) is 5.82 Å². The molecule has 0 spiro atoms. The summed E-state index contributed by atoms with van der Waals surface area (Å²) < 4.78 is 23.5. The van der Waals surface area contributed by atoms with E-state index in [9.17, 15) is 9.18 Å².